The van der Waals surface area contributed by atoms with Gasteiger partial charge in [0.15, 0.2) is 0 Å². The molecule has 0 unspecified atom stereocenters. The highest BCUT2D eigenvalue weighted by Crippen LogP contribution is 2.23. The average Bonchev–Trinajstić information content (AvgIpc) is 2.39. The van der Waals surface area contributed by atoms with Gasteiger partial charge in [-0.25, -0.2) is 4.98 Å². The maximum absolute atomic E-state index is 9.45. The van der Waals surface area contributed by atoms with Crippen LogP contribution in [0.15, 0.2) is 6.20 Å². The Morgan fingerprint density at radius 1 is 1.42 bits per heavy atom. The second-order valence-electron chi connectivity index (χ2n) is 2.84. The number of nitrogens with zero attached hydrogens (tertiary/aromatic N) is 1. The highest BCUT2D eigenvalue weighted by Gasteiger charge is 2.18. The molecule has 70 valence electrons. The van der Waals surface area contributed by atoms with Crippen molar-refractivity contribution in [2.45, 2.75) is 40.2 Å². The molecule has 12 heavy (non-hydrogen) atoms. The highest BCUT2D eigenvalue weighted by molar-refractivity contribution is 7.11. The third kappa shape index (κ3) is 3.32. The van der Waals surface area contributed by atoms with Crippen molar-refractivity contribution in [3.8, 4) is 0 Å². The standard InChI is InChI=1S/C7H11NOS.C2H6/c1-5-4-8-6(10-5)7(2,3)9;1-2/h4,9H,1-3H3;1-2H3. The Labute approximate surface area is 78.3 Å². The number of thiazole rings is 1. The first-order chi connectivity index (χ1) is 5.50. The predicted octanol–water partition coefficient (Wildman–Crippen LogP) is 2.71. The molecule has 1 heterocycles. The molecule has 0 spiro atoms. The predicted molar refractivity (Wildman–Crippen MR) is 53.4 cm³/mol. The molecular weight excluding hydrogens is 170 g/mol. The van der Waals surface area contributed by atoms with Crippen LogP contribution < -0.4 is 0 Å². The Kier molecular flexibility index (Phi) is 4.42. The number of aryl methyl sites for hydroxylation is 1. The molecule has 1 rings (SSSR count). The first kappa shape index (κ1) is 11.6. The lowest BCUT2D eigenvalue weighted by Gasteiger charge is -2.11. The van der Waals surface area contributed by atoms with Gasteiger partial charge < -0.3 is 5.11 Å². The molecule has 2 nitrogen and oxygen atoms in total. The Hall–Kier alpha value is -0.410. The zero-order valence-corrected chi connectivity index (χ0v) is 9.20. The van der Waals surface area contributed by atoms with Crippen molar-refractivity contribution in [2.24, 2.45) is 0 Å². The zero-order chi connectivity index (χ0) is 9.78. The van der Waals surface area contributed by atoms with Crippen molar-refractivity contribution in [3.05, 3.63) is 16.1 Å². The molecule has 0 aliphatic rings. The van der Waals surface area contributed by atoms with Crippen molar-refractivity contribution < 1.29 is 5.11 Å². The number of aliphatic hydroxyl groups is 1. The first-order valence-electron chi connectivity index (χ1n) is 4.15. The van der Waals surface area contributed by atoms with Crippen LogP contribution in [0.3, 0.4) is 0 Å². The number of aromatic nitrogens is 1. The van der Waals surface area contributed by atoms with Crippen LogP contribution in [0.5, 0.6) is 0 Å². The van der Waals surface area contributed by atoms with E-state index in [4.69, 9.17) is 0 Å². The van der Waals surface area contributed by atoms with E-state index in [-0.39, 0.29) is 0 Å². The van der Waals surface area contributed by atoms with Gasteiger partial charge in [0.1, 0.15) is 10.6 Å². The molecule has 1 N–H and O–H groups in total. The third-order valence-electron chi connectivity index (χ3n) is 1.14. The number of rotatable bonds is 1. The molecule has 1 aromatic rings. The molecule has 0 aliphatic heterocycles. The number of hydrogen-bond acceptors (Lipinski definition) is 3. The van der Waals surface area contributed by atoms with E-state index in [0.717, 1.165) is 9.88 Å². The molecule has 0 saturated heterocycles. The van der Waals surface area contributed by atoms with Crippen molar-refractivity contribution >= 4 is 11.3 Å². The lowest BCUT2D eigenvalue weighted by atomic mass is 10.2. The number of hydrogen-bond donors (Lipinski definition) is 1. The summed E-state index contributed by atoms with van der Waals surface area (Å²) in [5.74, 6) is 0. The fourth-order valence-corrected chi connectivity index (χ4v) is 1.40. The summed E-state index contributed by atoms with van der Waals surface area (Å²) < 4.78 is 0. The Morgan fingerprint density at radius 2 is 1.92 bits per heavy atom. The van der Waals surface area contributed by atoms with Gasteiger partial charge in [-0.3, -0.25) is 0 Å². The van der Waals surface area contributed by atoms with Crippen LogP contribution in [-0.4, -0.2) is 10.1 Å². The summed E-state index contributed by atoms with van der Waals surface area (Å²) in [5, 5.41) is 10.2. The minimum Gasteiger partial charge on any atom is -0.383 e. The van der Waals surface area contributed by atoms with Gasteiger partial charge in [-0.2, -0.15) is 0 Å². The summed E-state index contributed by atoms with van der Waals surface area (Å²) in [6.45, 7) is 9.46. The zero-order valence-electron chi connectivity index (χ0n) is 8.38. The molecule has 1 aromatic heterocycles. The minimum atomic E-state index is -0.779. The highest BCUT2D eigenvalue weighted by atomic mass is 32.1. The van der Waals surface area contributed by atoms with Gasteiger partial charge in [0.05, 0.1) is 0 Å². The Morgan fingerprint density at radius 3 is 2.08 bits per heavy atom. The third-order valence-corrected chi connectivity index (χ3v) is 2.37. The second kappa shape index (κ2) is 4.58. The van der Waals surface area contributed by atoms with E-state index in [2.05, 4.69) is 4.98 Å². The quantitative estimate of drug-likeness (QED) is 0.733. The summed E-state index contributed by atoms with van der Waals surface area (Å²) in [7, 11) is 0. The monoisotopic (exact) mass is 187 g/mol. The van der Waals surface area contributed by atoms with Gasteiger partial charge in [0.2, 0.25) is 0 Å². The van der Waals surface area contributed by atoms with Gasteiger partial charge >= 0.3 is 0 Å². The Bertz CT molecular complexity index is 225. The van der Waals surface area contributed by atoms with Crippen molar-refractivity contribution in [2.75, 3.05) is 0 Å². The van der Waals surface area contributed by atoms with E-state index < -0.39 is 5.60 Å². The maximum Gasteiger partial charge on any atom is 0.124 e. The molecule has 0 saturated carbocycles. The van der Waals surface area contributed by atoms with Crippen molar-refractivity contribution in [1.29, 1.82) is 0 Å². The molecule has 0 bridgehead atoms. The molecular formula is C9H17NOS. The molecule has 0 radical (unpaired) electrons. The van der Waals surface area contributed by atoms with Crippen LogP contribution in [0.25, 0.3) is 0 Å². The van der Waals surface area contributed by atoms with Crippen LogP contribution in [0.1, 0.15) is 37.6 Å². The smallest absolute Gasteiger partial charge is 0.124 e. The van der Waals surface area contributed by atoms with Crippen molar-refractivity contribution in [1.82, 2.24) is 4.98 Å². The largest absolute Gasteiger partial charge is 0.383 e. The van der Waals surface area contributed by atoms with E-state index in [1.807, 2.05) is 20.8 Å². The first-order valence-corrected chi connectivity index (χ1v) is 4.97. The van der Waals surface area contributed by atoms with Gasteiger partial charge in [-0.1, -0.05) is 13.8 Å². The van der Waals surface area contributed by atoms with E-state index in [1.54, 1.807) is 20.0 Å². The summed E-state index contributed by atoms with van der Waals surface area (Å²) in [6, 6.07) is 0. The van der Waals surface area contributed by atoms with Gasteiger partial charge in [-0.05, 0) is 20.8 Å². The molecule has 0 atom stereocenters. The van der Waals surface area contributed by atoms with Crippen LogP contribution in [0.4, 0.5) is 0 Å². The van der Waals surface area contributed by atoms with Crippen LogP contribution in [-0.2, 0) is 5.60 Å². The van der Waals surface area contributed by atoms with Gasteiger partial charge in [0.25, 0.3) is 0 Å². The Balaban J connectivity index is 0.000000561. The fraction of sp³-hybridized carbons (Fsp3) is 0.667. The van der Waals surface area contributed by atoms with E-state index in [0.29, 0.717) is 0 Å². The lowest BCUT2D eigenvalue weighted by molar-refractivity contribution is 0.0783. The average molecular weight is 187 g/mol. The summed E-state index contributed by atoms with van der Waals surface area (Å²) in [5.41, 5.74) is -0.779. The van der Waals surface area contributed by atoms with Gasteiger partial charge in [0, 0.05) is 11.1 Å². The SMILES string of the molecule is CC.Cc1cnc(C(C)(C)O)s1. The summed E-state index contributed by atoms with van der Waals surface area (Å²) in [4.78, 5) is 5.19. The minimum absolute atomic E-state index is 0.779. The lowest BCUT2D eigenvalue weighted by Crippen LogP contribution is -2.14. The van der Waals surface area contributed by atoms with Gasteiger partial charge in [-0.15, -0.1) is 11.3 Å². The van der Waals surface area contributed by atoms with E-state index in [9.17, 15) is 5.11 Å². The van der Waals surface area contributed by atoms with E-state index in [1.165, 1.54) is 11.3 Å². The molecule has 0 amide bonds. The molecule has 0 fully saturated rings. The second-order valence-corrected chi connectivity index (χ2v) is 4.07. The summed E-state index contributed by atoms with van der Waals surface area (Å²) in [6.07, 6.45) is 1.78. The van der Waals surface area contributed by atoms with Crippen molar-refractivity contribution in [3.63, 3.8) is 0 Å². The normalized spacial score (nSPS) is 10.5. The molecule has 0 aliphatic carbocycles. The maximum atomic E-state index is 9.45. The van der Waals surface area contributed by atoms with Crippen LogP contribution >= 0.6 is 11.3 Å². The van der Waals surface area contributed by atoms with E-state index >= 15 is 0 Å². The molecule has 0 aromatic carbocycles. The van der Waals surface area contributed by atoms with Crippen LogP contribution in [0.2, 0.25) is 0 Å². The fourth-order valence-electron chi connectivity index (χ4n) is 0.638. The topological polar surface area (TPSA) is 33.1 Å². The molecule has 3 heteroatoms. The summed E-state index contributed by atoms with van der Waals surface area (Å²) >= 11 is 1.53. The van der Waals surface area contributed by atoms with Crippen LogP contribution in [0, 0.1) is 6.92 Å².